The van der Waals surface area contributed by atoms with E-state index in [1.807, 2.05) is 29.8 Å². The van der Waals surface area contributed by atoms with Gasteiger partial charge in [0.1, 0.15) is 0 Å². The highest BCUT2D eigenvalue weighted by molar-refractivity contribution is 7.99. The van der Waals surface area contributed by atoms with E-state index in [2.05, 4.69) is 10.3 Å². The lowest BCUT2D eigenvalue weighted by molar-refractivity contribution is -0.113. The Bertz CT molecular complexity index is 782. The second kappa shape index (κ2) is 9.08. The third-order valence-electron chi connectivity index (χ3n) is 4.97. The summed E-state index contributed by atoms with van der Waals surface area (Å²) >= 11 is 1.39. The molecule has 0 spiro atoms. The highest BCUT2D eigenvalue weighted by atomic mass is 32.2. The van der Waals surface area contributed by atoms with E-state index in [-0.39, 0.29) is 17.6 Å². The summed E-state index contributed by atoms with van der Waals surface area (Å²) in [6.45, 7) is 0. The molecule has 144 valence electrons. The number of benzene rings is 1. The van der Waals surface area contributed by atoms with Gasteiger partial charge in [0.15, 0.2) is 5.16 Å². The number of nitrogens with zero attached hydrogens (tertiary/aromatic N) is 3. The van der Waals surface area contributed by atoms with Gasteiger partial charge in [0.05, 0.1) is 5.75 Å². The number of anilines is 1. The smallest absolute Gasteiger partial charge is 0.253 e. The zero-order chi connectivity index (χ0) is 19.2. The molecule has 1 aromatic heterocycles. The van der Waals surface area contributed by atoms with Gasteiger partial charge in [-0.2, -0.15) is 0 Å². The van der Waals surface area contributed by atoms with E-state index in [1.54, 1.807) is 30.5 Å². The fourth-order valence-corrected chi connectivity index (χ4v) is 4.08. The maximum Gasteiger partial charge on any atom is 0.253 e. The van der Waals surface area contributed by atoms with Gasteiger partial charge < -0.3 is 14.8 Å². The number of imidazole rings is 1. The molecule has 27 heavy (non-hydrogen) atoms. The zero-order valence-electron chi connectivity index (χ0n) is 15.9. The van der Waals surface area contributed by atoms with Crippen molar-refractivity contribution in [3.63, 3.8) is 0 Å². The molecular formula is C20H26N4O2S. The van der Waals surface area contributed by atoms with Gasteiger partial charge in [0.2, 0.25) is 5.91 Å². The number of hydrogen-bond donors (Lipinski definition) is 1. The summed E-state index contributed by atoms with van der Waals surface area (Å²) in [5, 5.41) is 3.66. The Morgan fingerprint density at radius 1 is 1.22 bits per heavy atom. The van der Waals surface area contributed by atoms with Crippen molar-refractivity contribution < 1.29 is 9.59 Å². The van der Waals surface area contributed by atoms with Crippen LogP contribution in [0.4, 0.5) is 5.69 Å². The monoisotopic (exact) mass is 386 g/mol. The van der Waals surface area contributed by atoms with Gasteiger partial charge >= 0.3 is 0 Å². The summed E-state index contributed by atoms with van der Waals surface area (Å²) in [6.07, 6.45) is 9.40. The number of amides is 2. The first-order valence-corrected chi connectivity index (χ1v) is 10.3. The second-order valence-corrected chi connectivity index (χ2v) is 7.89. The van der Waals surface area contributed by atoms with E-state index in [0.29, 0.717) is 17.3 Å². The van der Waals surface area contributed by atoms with Crippen molar-refractivity contribution in [2.45, 2.75) is 43.3 Å². The van der Waals surface area contributed by atoms with Crippen molar-refractivity contribution in [2.24, 2.45) is 7.05 Å². The minimum absolute atomic E-state index is 0.0464. The van der Waals surface area contributed by atoms with Crippen LogP contribution in [0, 0.1) is 0 Å². The van der Waals surface area contributed by atoms with Crippen molar-refractivity contribution in [3.05, 3.63) is 42.2 Å². The largest absolute Gasteiger partial charge is 0.339 e. The van der Waals surface area contributed by atoms with Crippen LogP contribution >= 0.6 is 11.8 Å². The number of hydrogen-bond acceptors (Lipinski definition) is 4. The maximum atomic E-state index is 12.7. The Hall–Kier alpha value is -2.28. The first-order valence-electron chi connectivity index (χ1n) is 9.32. The van der Waals surface area contributed by atoms with Crippen LogP contribution < -0.4 is 5.32 Å². The van der Waals surface area contributed by atoms with Crippen LogP contribution in [0.5, 0.6) is 0 Å². The van der Waals surface area contributed by atoms with Gasteiger partial charge in [0.25, 0.3) is 5.91 Å². The Balaban J connectivity index is 1.52. The highest BCUT2D eigenvalue weighted by Crippen LogP contribution is 2.23. The summed E-state index contributed by atoms with van der Waals surface area (Å²) in [5.74, 6) is 0.238. The fourth-order valence-electron chi connectivity index (χ4n) is 3.35. The van der Waals surface area contributed by atoms with E-state index in [0.717, 1.165) is 18.0 Å². The number of rotatable bonds is 6. The molecule has 1 aromatic carbocycles. The van der Waals surface area contributed by atoms with Crippen LogP contribution in [0.1, 0.15) is 42.5 Å². The maximum absolute atomic E-state index is 12.7. The molecule has 0 unspecified atom stereocenters. The summed E-state index contributed by atoms with van der Waals surface area (Å²) < 4.78 is 1.88. The molecule has 2 aromatic rings. The molecule has 1 fully saturated rings. The average Bonchev–Trinajstić information content (AvgIpc) is 3.11. The van der Waals surface area contributed by atoms with Crippen LogP contribution in [0.2, 0.25) is 0 Å². The molecule has 1 aliphatic rings. The van der Waals surface area contributed by atoms with E-state index >= 15 is 0 Å². The second-order valence-electron chi connectivity index (χ2n) is 6.94. The minimum Gasteiger partial charge on any atom is -0.339 e. The van der Waals surface area contributed by atoms with Gasteiger partial charge in [-0.15, -0.1) is 0 Å². The summed E-state index contributed by atoms with van der Waals surface area (Å²) in [7, 11) is 3.79. The van der Waals surface area contributed by atoms with E-state index in [9.17, 15) is 9.59 Å². The quantitative estimate of drug-likeness (QED) is 0.771. The Labute approximate surface area is 164 Å². The molecule has 1 saturated carbocycles. The predicted molar refractivity (Wildman–Crippen MR) is 108 cm³/mol. The van der Waals surface area contributed by atoms with Crippen molar-refractivity contribution >= 4 is 29.3 Å². The van der Waals surface area contributed by atoms with Gasteiger partial charge in [-0.05, 0) is 37.1 Å². The molecule has 1 heterocycles. The molecule has 1 N–H and O–H groups in total. The van der Waals surface area contributed by atoms with Crippen molar-refractivity contribution in [1.29, 1.82) is 0 Å². The highest BCUT2D eigenvalue weighted by Gasteiger charge is 2.22. The Kier molecular flexibility index (Phi) is 6.55. The third-order valence-corrected chi connectivity index (χ3v) is 6.03. The topological polar surface area (TPSA) is 67.2 Å². The summed E-state index contributed by atoms with van der Waals surface area (Å²) in [6, 6.07) is 7.47. The molecule has 0 bridgehead atoms. The van der Waals surface area contributed by atoms with E-state index < -0.39 is 0 Å². The lowest BCUT2D eigenvalue weighted by Crippen LogP contribution is -2.38. The molecule has 1 aliphatic carbocycles. The molecule has 2 amide bonds. The number of aromatic nitrogens is 2. The van der Waals surface area contributed by atoms with Crippen molar-refractivity contribution in [2.75, 3.05) is 18.1 Å². The lowest BCUT2D eigenvalue weighted by atomic mass is 9.94. The summed E-state index contributed by atoms with van der Waals surface area (Å²) in [4.78, 5) is 30.8. The van der Waals surface area contributed by atoms with Gasteiger partial charge in [-0.25, -0.2) is 4.98 Å². The normalized spacial score (nSPS) is 14.7. The van der Waals surface area contributed by atoms with E-state index in [1.165, 1.54) is 31.0 Å². The van der Waals surface area contributed by atoms with Crippen LogP contribution in [-0.2, 0) is 11.8 Å². The van der Waals surface area contributed by atoms with Gasteiger partial charge in [0, 0.05) is 43.8 Å². The zero-order valence-corrected chi connectivity index (χ0v) is 16.7. The Morgan fingerprint density at radius 3 is 2.56 bits per heavy atom. The number of nitrogens with one attached hydrogen (secondary N) is 1. The van der Waals surface area contributed by atoms with Gasteiger partial charge in [-0.1, -0.05) is 31.0 Å². The molecular weight excluding hydrogens is 360 g/mol. The predicted octanol–water partition coefficient (Wildman–Crippen LogP) is 3.56. The molecule has 0 atom stereocenters. The fraction of sp³-hybridized carbons (Fsp3) is 0.450. The number of thioether (sulfide) groups is 1. The van der Waals surface area contributed by atoms with Gasteiger partial charge in [-0.3, -0.25) is 9.59 Å². The number of aryl methyl sites for hydroxylation is 1. The first-order chi connectivity index (χ1) is 13.0. The molecule has 0 radical (unpaired) electrons. The first kappa shape index (κ1) is 19.5. The standard InChI is InChI=1S/C20H26N4O2S/c1-23-13-12-21-20(23)27-14-18(25)22-16-10-8-15(9-11-16)19(26)24(2)17-6-4-3-5-7-17/h8-13,17H,3-7,14H2,1-2H3,(H,22,25). The number of carbonyl (C=O) groups excluding carboxylic acids is 2. The SMILES string of the molecule is CN(C(=O)c1ccc(NC(=O)CSc2nccn2C)cc1)C1CCCCC1. The molecule has 0 saturated heterocycles. The minimum atomic E-state index is -0.0959. The molecule has 0 aliphatic heterocycles. The van der Waals surface area contributed by atoms with E-state index in [4.69, 9.17) is 0 Å². The lowest BCUT2D eigenvalue weighted by Gasteiger charge is -2.31. The summed E-state index contributed by atoms with van der Waals surface area (Å²) in [5.41, 5.74) is 1.35. The van der Waals surface area contributed by atoms with Crippen molar-refractivity contribution in [3.8, 4) is 0 Å². The van der Waals surface area contributed by atoms with Crippen LogP contribution in [0.15, 0.2) is 41.8 Å². The van der Waals surface area contributed by atoms with Crippen LogP contribution in [0.25, 0.3) is 0 Å². The number of carbonyl (C=O) groups is 2. The molecule has 6 nitrogen and oxygen atoms in total. The molecule has 3 rings (SSSR count). The molecule has 7 heteroatoms. The Morgan fingerprint density at radius 2 is 1.93 bits per heavy atom. The average molecular weight is 387 g/mol. The van der Waals surface area contributed by atoms with Crippen LogP contribution in [-0.4, -0.2) is 45.1 Å². The van der Waals surface area contributed by atoms with Crippen LogP contribution in [0.3, 0.4) is 0 Å². The third kappa shape index (κ3) is 5.13. The van der Waals surface area contributed by atoms with Crippen molar-refractivity contribution in [1.82, 2.24) is 14.5 Å².